The fraction of sp³-hybridized carbons (Fsp3) is 0.462. The van der Waals surface area contributed by atoms with Crippen molar-refractivity contribution < 1.29 is 28.0 Å². The molecule has 2 atom stereocenters. The Bertz CT molecular complexity index is 1140. The van der Waals surface area contributed by atoms with E-state index in [-0.39, 0.29) is 23.3 Å². The molecule has 1 heterocycles. The van der Waals surface area contributed by atoms with Crippen molar-refractivity contribution in [3.63, 3.8) is 0 Å². The Morgan fingerprint density at radius 2 is 1.81 bits per heavy atom. The van der Waals surface area contributed by atoms with E-state index in [0.717, 1.165) is 5.56 Å². The van der Waals surface area contributed by atoms with Gasteiger partial charge in [0.05, 0.1) is 23.3 Å². The van der Waals surface area contributed by atoms with Gasteiger partial charge in [0.1, 0.15) is 5.75 Å². The smallest absolute Gasteiger partial charge is 0.248 e. The first kappa shape index (κ1) is 27.6. The number of methoxy groups -OCH3 is 1. The minimum atomic E-state index is -3.98. The minimum absolute atomic E-state index is 0.00611. The van der Waals surface area contributed by atoms with Gasteiger partial charge in [-0.05, 0) is 55.0 Å². The van der Waals surface area contributed by atoms with Gasteiger partial charge in [0, 0.05) is 19.6 Å². The number of hydroxylamine groups is 1. The molecule has 0 aromatic heterocycles. The fourth-order valence-electron chi connectivity index (χ4n) is 5.01. The molecule has 0 radical (unpaired) electrons. The number of rotatable bonds is 12. The summed E-state index contributed by atoms with van der Waals surface area (Å²) >= 11 is 0. The third kappa shape index (κ3) is 6.24. The number of likely N-dealkylation sites (tertiary alicyclic amines) is 1. The van der Waals surface area contributed by atoms with Crippen LogP contribution in [0.1, 0.15) is 32.3 Å². The second-order valence-corrected chi connectivity index (χ2v) is 11.4. The zero-order chi connectivity index (χ0) is 26.3. The maximum absolute atomic E-state index is 13.8. The molecule has 2 aromatic rings. The lowest BCUT2D eigenvalue weighted by atomic mass is 9.68. The molecule has 2 amide bonds. The van der Waals surface area contributed by atoms with Crippen LogP contribution in [-0.4, -0.2) is 57.1 Å². The number of sulfonamides is 1. The number of carbonyl (C=O) groups is 2. The van der Waals surface area contributed by atoms with Crippen LogP contribution >= 0.6 is 0 Å². The van der Waals surface area contributed by atoms with Crippen molar-refractivity contribution >= 4 is 21.8 Å². The number of ether oxygens (including phenoxy) is 1. The number of nitrogens with one attached hydrogen (secondary N) is 2. The highest BCUT2D eigenvalue weighted by atomic mass is 32.2. The Labute approximate surface area is 212 Å². The Morgan fingerprint density at radius 3 is 2.39 bits per heavy atom. The summed E-state index contributed by atoms with van der Waals surface area (Å²) in [5, 5.41) is 9.51. The molecule has 1 aliphatic heterocycles. The molecule has 0 saturated carbocycles. The SMILES string of the molecule is COc1ccc(S(=O)(=O)NCC(C(=O)NO)C2(CC(C)C)CCN(CCc3ccccc3)C2=O)cc1. The lowest BCUT2D eigenvalue weighted by molar-refractivity contribution is -0.149. The predicted octanol–water partition coefficient (Wildman–Crippen LogP) is 2.60. The van der Waals surface area contributed by atoms with Gasteiger partial charge in [0.15, 0.2) is 0 Å². The van der Waals surface area contributed by atoms with Crippen molar-refractivity contribution in [3.8, 4) is 5.75 Å². The van der Waals surface area contributed by atoms with Crippen molar-refractivity contribution in [1.82, 2.24) is 15.1 Å². The maximum Gasteiger partial charge on any atom is 0.248 e. The summed E-state index contributed by atoms with van der Waals surface area (Å²) < 4.78 is 33.5. The highest BCUT2D eigenvalue weighted by molar-refractivity contribution is 7.89. The van der Waals surface area contributed by atoms with Gasteiger partial charge in [-0.15, -0.1) is 0 Å². The predicted molar refractivity (Wildman–Crippen MR) is 135 cm³/mol. The van der Waals surface area contributed by atoms with E-state index in [1.807, 2.05) is 44.2 Å². The molecule has 3 rings (SSSR count). The van der Waals surface area contributed by atoms with E-state index in [9.17, 15) is 23.2 Å². The minimum Gasteiger partial charge on any atom is -0.497 e. The number of carbonyl (C=O) groups excluding carboxylic acids is 2. The molecule has 0 spiro atoms. The Kier molecular flexibility index (Phi) is 9.10. The van der Waals surface area contributed by atoms with Gasteiger partial charge in [-0.1, -0.05) is 44.2 Å². The molecule has 3 N–H and O–H groups in total. The van der Waals surface area contributed by atoms with Crippen LogP contribution in [-0.2, 0) is 26.0 Å². The van der Waals surface area contributed by atoms with E-state index < -0.39 is 27.3 Å². The van der Waals surface area contributed by atoms with E-state index in [0.29, 0.717) is 38.1 Å². The molecule has 0 aliphatic carbocycles. The average molecular weight is 518 g/mol. The van der Waals surface area contributed by atoms with Crippen molar-refractivity contribution in [2.24, 2.45) is 17.3 Å². The normalized spacial score (nSPS) is 18.9. The van der Waals surface area contributed by atoms with Crippen LogP contribution in [0.2, 0.25) is 0 Å². The Morgan fingerprint density at radius 1 is 1.14 bits per heavy atom. The second kappa shape index (κ2) is 11.9. The zero-order valence-electron chi connectivity index (χ0n) is 20.9. The first-order valence-corrected chi connectivity index (χ1v) is 13.5. The second-order valence-electron chi connectivity index (χ2n) is 9.59. The summed E-state index contributed by atoms with van der Waals surface area (Å²) in [6, 6.07) is 15.7. The summed E-state index contributed by atoms with van der Waals surface area (Å²) in [6.45, 7) is 4.53. The van der Waals surface area contributed by atoms with Crippen molar-refractivity contribution in [1.29, 1.82) is 0 Å². The first-order chi connectivity index (χ1) is 17.1. The topological polar surface area (TPSA) is 125 Å². The number of hydrogen-bond donors (Lipinski definition) is 3. The van der Waals surface area contributed by atoms with Crippen LogP contribution in [0.4, 0.5) is 0 Å². The quantitative estimate of drug-likeness (QED) is 0.294. The van der Waals surface area contributed by atoms with Gasteiger partial charge in [-0.2, -0.15) is 0 Å². The molecule has 10 heteroatoms. The van der Waals surface area contributed by atoms with E-state index >= 15 is 0 Å². The van der Waals surface area contributed by atoms with Gasteiger partial charge in [-0.25, -0.2) is 18.6 Å². The van der Waals surface area contributed by atoms with Crippen LogP contribution in [0.5, 0.6) is 5.75 Å². The molecule has 196 valence electrons. The molecule has 36 heavy (non-hydrogen) atoms. The number of benzene rings is 2. The van der Waals surface area contributed by atoms with E-state index in [4.69, 9.17) is 4.74 Å². The van der Waals surface area contributed by atoms with Crippen molar-refractivity contribution in [2.75, 3.05) is 26.7 Å². The van der Waals surface area contributed by atoms with Crippen LogP contribution in [0, 0.1) is 17.3 Å². The molecular formula is C26H35N3O6S. The first-order valence-electron chi connectivity index (χ1n) is 12.0. The standard InChI is InChI=1S/C26H35N3O6S/c1-19(2)17-26(14-16-29(25(26)31)15-13-20-7-5-4-6-8-20)23(24(30)28-32)18-27-36(33,34)22-11-9-21(35-3)10-12-22/h4-12,19,23,27,32H,13-18H2,1-3H3,(H,28,30). The Hall–Kier alpha value is -2.95. The lowest BCUT2D eigenvalue weighted by Gasteiger charge is -2.36. The maximum atomic E-state index is 13.8. The monoisotopic (exact) mass is 517 g/mol. The van der Waals surface area contributed by atoms with Crippen molar-refractivity contribution in [2.45, 2.75) is 38.0 Å². The molecule has 1 aliphatic rings. The molecule has 1 saturated heterocycles. The van der Waals surface area contributed by atoms with Crippen molar-refractivity contribution in [3.05, 3.63) is 60.2 Å². The average Bonchev–Trinajstić information content (AvgIpc) is 3.18. The van der Waals surface area contributed by atoms with E-state index in [1.165, 1.54) is 31.4 Å². The van der Waals surface area contributed by atoms with Gasteiger partial charge in [0.2, 0.25) is 21.8 Å². The molecule has 9 nitrogen and oxygen atoms in total. The summed E-state index contributed by atoms with van der Waals surface area (Å²) in [5.74, 6) is -1.49. The summed E-state index contributed by atoms with van der Waals surface area (Å²) in [6.07, 6.45) is 1.45. The summed E-state index contributed by atoms with van der Waals surface area (Å²) in [4.78, 5) is 28.4. The van der Waals surface area contributed by atoms with E-state index in [1.54, 1.807) is 10.4 Å². The summed E-state index contributed by atoms with van der Waals surface area (Å²) in [7, 11) is -2.49. The van der Waals surface area contributed by atoms with Gasteiger partial charge >= 0.3 is 0 Å². The third-order valence-electron chi connectivity index (χ3n) is 6.77. The fourth-order valence-corrected chi connectivity index (χ4v) is 6.06. The highest BCUT2D eigenvalue weighted by Crippen LogP contribution is 2.44. The van der Waals surface area contributed by atoms with Gasteiger partial charge in [-0.3, -0.25) is 14.8 Å². The molecule has 0 bridgehead atoms. The molecule has 2 unspecified atom stereocenters. The third-order valence-corrected chi connectivity index (χ3v) is 8.21. The van der Waals surface area contributed by atoms with Crippen LogP contribution in [0.25, 0.3) is 0 Å². The van der Waals surface area contributed by atoms with Crippen LogP contribution < -0.4 is 14.9 Å². The van der Waals surface area contributed by atoms with Gasteiger partial charge in [0.25, 0.3) is 0 Å². The number of nitrogens with zero attached hydrogens (tertiary/aromatic N) is 1. The molecule has 2 aromatic carbocycles. The van der Waals surface area contributed by atoms with Crippen LogP contribution in [0.3, 0.4) is 0 Å². The van der Waals surface area contributed by atoms with Gasteiger partial charge < -0.3 is 9.64 Å². The highest BCUT2D eigenvalue weighted by Gasteiger charge is 2.54. The zero-order valence-corrected chi connectivity index (χ0v) is 21.8. The number of hydrogen-bond acceptors (Lipinski definition) is 6. The molecular weight excluding hydrogens is 482 g/mol. The Balaban J connectivity index is 1.83. The van der Waals surface area contributed by atoms with Crippen LogP contribution in [0.15, 0.2) is 59.5 Å². The lowest BCUT2D eigenvalue weighted by Crippen LogP contribution is -2.51. The summed E-state index contributed by atoms with van der Waals surface area (Å²) in [5.41, 5.74) is 1.63. The largest absolute Gasteiger partial charge is 0.497 e. The molecule has 1 fully saturated rings. The number of amides is 2. The van der Waals surface area contributed by atoms with E-state index in [2.05, 4.69) is 4.72 Å².